The molecule has 0 bridgehead atoms. The lowest BCUT2D eigenvalue weighted by Gasteiger charge is -2.33. The number of ether oxygens (including phenoxy) is 2. The second kappa shape index (κ2) is 8.15. The van der Waals surface area contributed by atoms with Gasteiger partial charge in [-0.15, -0.1) is 0 Å². The molecule has 0 fully saturated rings. The Kier molecular flexibility index (Phi) is 6.79. The quantitative estimate of drug-likeness (QED) is 0.319. The smallest absolute Gasteiger partial charge is 0.324 e. The van der Waals surface area contributed by atoms with Gasteiger partial charge in [-0.05, 0) is 6.42 Å². The minimum absolute atomic E-state index is 0.0151. The summed E-state index contributed by atoms with van der Waals surface area (Å²) >= 11 is 0. The third-order valence-electron chi connectivity index (χ3n) is 4.13. The average Bonchev–Trinajstić information content (AvgIpc) is 2.57. The largest absolute Gasteiger partial charge is 0.480 e. The van der Waals surface area contributed by atoms with Crippen molar-refractivity contribution in [1.29, 1.82) is 0 Å². The number of hydrogen-bond donors (Lipinski definition) is 3. The van der Waals surface area contributed by atoms with Crippen LogP contribution in [0.15, 0.2) is 24.3 Å². The van der Waals surface area contributed by atoms with Crippen molar-refractivity contribution in [1.82, 2.24) is 0 Å². The summed E-state index contributed by atoms with van der Waals surface area (Å²) in [5, 5.41) is 20.6. The van der Waals surface area contributed by atoms with Crippen LogP contribution in [0.25, 0.3) is 0 Å². The molecule has 1 unspecified atom stereocenters. The standard InChI is InChI=1S/C15H23N3O6/c1-23-15(10-16,24-2)8-7-14(17,13(19)20)9-11-5-3-4-6-12(11)18(21)22/h3-6H,7-10,16-17H2,1-2H3,(H,19,20). The van der Waals surface area contributed by atoms with E-state index in [1.165, 1.54) is 32.4 Å². The van der Waals surface area contributed by atoms with Crippen molar-refractivity contribution in [2.45, 2.75) is 30.6 Å². The summed E-state index contributed by atoms with van der Waals surface area (Å²) < 4.78 is 10.4. The molecule has 24 heavy (non-hydrogen) atoms. The van der Waals surface area contributed by atoms with Gasteiger partial charge in [-0.3, -0.25) is 14.9 Å². The lowest BCUT2D eigenvalue weighted by atomic mass is 9.85. The van der Waals surface area contributed by atoms with Gasteiger partial charge in [-0.25, -0.2) is 0 Å². The van der Waals surface area contributed by atoms with Gasteiger partial charge in [-0.2, -0.15) is 0 Å². The third-order valence-corrected chi connectivity index (χ3v) is 4.13. The number of carbonyl (C=O) groups is 1. The maximum atomic E-state index is 11.7. The molecule has 0 spiro atoms. The summed E-state index contributed by atoms with van der Waals surface area (Å²) in [5.41, 5.74) is 10.0. The SMILES string of the molecule is COC(CN)(CCC(N)(Cc1ccccc1[N+](=O)[O-])C(=O)O)OC. The van der Waals surface area contributed by atoms with Crippen LogP contribution in [0.1, 0.15) is 18.4 Å². The lowest BCUT2D eigenvalue weighted by Crippen LogP contribution is -2.52. The first-order chi connectivity index (χ1) is 11.2. The Hall–Kier alpha value is -2.07. The van der Waals surface area contributed by atoms with Gasteiger partial charge in [0.1, 0.15) is 5.54 Å². The molecule has 0 saturated carbocycles. The summed E-state index contributed by atoms with van der Waals surface area (Å²) in [5.74, 6) is -2.42. The highest BCUT2D eigenvalue weighted by Gasteiger charge is 2.39. The van der Waals surface area contributed by atoms with Crippen molar-refractivity contribution < 1.29 is 24.3 Å². The molecule has 0 aliphatic rings. The van der Waals surface area contributed by atoms with Crippen LogP contribution in [-0.4, -0.2) is 48.1 Å². The number of nitrogens with zero attached hydrogens (tertiary/aromatic N) is 1. The molecule has 0 aliphatic heterocycles. The Morgan fingerprint density at radius 1 is 1.29 bits per heavy atom. The highest BCUT2D eigenvalue weighted by atomic mass is 16.7. The number of carboxylic acid groups (broad SMARTS) is 1. The topological polar surface area (TPSA) is 151 Å². The number of nitro groups is 1. The van der Waals surface area contributed by atoms with Crippen molar-refractivity contribution in [3.05, 3.63) is 39.9 Å². The van der Waals surface area contributed by atoms with E-state index in [1.54, 1.807) is 6.07 Å². The fourth-order valence-electron chi connectivity index (χ4n) is 2.42. The normalized spacial score (nSPS) is 14.2. The van der Waals surface area contributed by atoms with Crippen molar-refractivity contribution in [3.63, 3.8) is 0 Å². The van der Waals surface area contributed by atoms with Crippen molar-refractivity contribution in [2.75, 3.05) is 20.8 Å². The third kappa shape index (κ3) is 4.48. The molecule has 1 aromatic rings. The highest BCUT2D eigenvalue weighted by Crippen LogP contribution is 2.28. The Bertz CT molecular complexity index is 582. The molecule has 0 heterocycles. The first-order valence-corrected chi connectivity index (χ1v) is 7.28. The Labute approximate surface area is 139 Å². The Morgan fingerprint density at radius 2 is 1.88 bits per heavy atom. The molecule has 1 aromatic carbocycles. The summed E-state index contributed by atoms with van der Waals surface area (Å²) in [7, 11) is 2.80. The summed E-state index contributed by atoms with van der Waals surface area (Å²) in [4.78, 5) is 22.2. The molecule has 0 radical (unpaired) electrons. The molecule has 134 valence electrons. The van der Waals surface area contributed by atoms with Gasteiger partial charge in [0.25, 0.3) is 5.69 Å². The van der Waals surface area contributed by atoms with Gasteiger partial charge in [0, 0.05) is 45.2 Å². The zero-order chi connectivity index (χ0) is 18.4. The van der Waals surface area contributed by atoms with E-state index in [0.29, 0.717) is 0 Å². The van der Waals surface area contributed by atoms with E-state index >= 15 is 0 Å². The van der Waals surface area contributed by atoms with Crippen LogP contribution in [-0.2, 0) is 20.7 Å². The van der Waals surface area contributed by atoms with Crippen LogP contribution in [0.5, 0.6) is 0 Å². The highest BCUT2D eigenvalue weighted by molar-refractivity contribution is 5.79. The van der Waals surface area contributed by atoms with Crippen LogP contribution in [0.4, 0.5) is 5.69 Å². The van der Waals surface area contributed by atoms with Crippen LogP contribution < -0.4 is 11.5 Å². The molecular weight excluding hydrogens is 318 g/mol. The van der Waals surface area contributed by atoms with Gasteiger partial charge in [0.2, 0.25) is 0 Å². The molecular formula is C15H23N3O6. The fourth-order valence-corrected chi connectivity index (χ4v) is 2.42. The molecule has 0 aromatic heterocycles. The monoisotopic (exact) mass is 341 g/mol. The number of benzene rings is 1. The van der Waals surface area contributed by atoms with E-state index in [2.05, 4.69) is 0 Å². The Balaban J connectivity index is 3.06. The van der Waals surface area contributed by atoms with E-state index in [9.17, 15) is 20.0 Å². The van der Waals surface area contributed by atoms with Gasteiger partial charge >= 0.3 is 5.97 Å². The molecule has 5 N–H and O–H groups in total. The molecule has 9 heteroatoms. The number of para-hydroxylation sites is 1. The summed E-state index contributed by atoms with van der Waals surface area (Å²) in [6.07, 6.45) is -0.110. The van der Waals surface area contributed by atoms with Crippen molar-refractivity contribution >= 4 is 11.7 Å². The number of rotatable bonds is 10. The average molecular weight is 341 g/mol. The van der Waals surface area contributed by atoms with E-state index in [4.69, 9.17) is 20.9 Å². The van der Waals surface area contributed by atoms with Crippen LogP contribution >= 0.6 is 0 Å². The number of nitrogens with two attached hydrogens (primary N) is 2. The van der Waals surface area contributed by atoms with E-state index in [1.807, 2.05) is 0 Å². The lowest BCUT2D eigenvalue weighted by molar-refractivity contribution is -0.385. The maximum absolute atomic E-state index is 11.7. The molecule has 1 atom stereocenters. The predicted octanol–water partition coefficient (Wildman–Crippen LogP) is 0.647. The molecule has 0 aliphatic carbocycles. The zero-order valence-corrected chi connectivity index (χ0v) is 13.7. The first-order valence-electron chi connectivity index (χ1n) is 7.28. The van der Waals surface area contributed by atoms with E-state index in [0.717, 1.165) is 0 Å². The van der Waals surface area contributed by atoms with E-state index in [-0.39, 0.29) is 37.1 Å². The second-order valence-corrected chi connectivity index (χ2v) is 5.55. The van der Waals surface area contributed by atoms with Crippen LogP contribution in [0.2, 0.25) is 0 Å². The van der Waals surface area contributed by atoms with Crippen molar-refractivity contribution in [3.8, 4) is 0 Å². The van der Waals surface area contributed by atoms with Gasteiger partial charge in [-0.1, -0.05) is 18.2 Å². The van der Waals surface area contributed by atoms with Gasteiger partial charge in [0.15, 0.2) is 5.79 Å². The van der Waals surface area contributed by atoms with Crippen molar-refractivity contribution in [2.24, 2.45) is 11.5 Å². The van der Waals surface area contributed by atoms with Crippen LogP contribution in [0.3, 0.4) is 0 Å². The molecule has 0 saturated heterocycles. The number of aliphatic carboxylic acids is 1. The first kappa shape index (κ1) is 20.0. The summed E-state index contributed by atoms with van der Waals surface area (Å²) in [6.45, 7) is 0.0151. The second-order valence-electron chi connectivity index (χ2n) is 5.55. The number of hydrogen-bond acceptors (Lipinski definition) is 7. The molecule has 0 amide bonds. The Morgan fingerprint density at radius 3 is 2.33 bits per heavy atom. The predicted molar refractivity (Wildman–Crippen MR) is 86.4 cm³/mol. The van der Waals surface area contributed by atoms with Gasteiger partial charge in [0.05, 0.1) is 4.92 Å². The maximum Gasteiger partial charge on any atom is 0.324 e. The summed E-state index contributed by atoms with van der Waals surface area (Å²) in [6, 6.07) is 5.91. The zero-order valence-electron chi connectivity index (χ0n) is 13.7. The molecule has 1 rings (SSSR count). The minimum Gasteiger partial charge on any atom is -0.480 e. The van der Waals surface area contributed by atoms with E-state index < -0.39 is 22.2 Å². The fraction of sp³-hybridized carbons (Fsp3) is 0.533. The number of methoxy groups -OCH3 is 2. The number of nitro benzene ring substituents is 1. The number of carboxylic acids is 1. The van der Waals surface area contributed by atoms with Gasteiger partial charge < -0.3 is 26.0 Å². The van der Waals surface area contributed by atoms with Crippen LogP contribution in [0, 0.1) is 10.1 Å². The molecule has 9 nitrogen and oxygen atoms in total. The minimum atomic E-state index is -1.72.